The number of benzene rings is 5. The van der Waals surface area contributed by atoms with E-state index in [9.17, 15) is 0 Å². The number of pyridine rings is 2. The molecule has 6 nitrogen and oxygen atoms in total. The Labute approximate surface area is 270 Å². The maximum atomic E-state index is 6.56. The summed E-state index contributed by atoms with van der Waals surface area (Å²) in [6, 6.07) is 46.7. The molecule has 0 saturated carbocycles. The molecule has 4 aromatic heterocycles. The van der Waals surface area contributed by atoms with Crippen LogP contribution in [0.25, 0.3) is 89.4 Å². The fourth-order valence-corrected chi connectivity index (χ4v) is 6.19. The molecule has 9 rings (SSSR count). The monoisotopic (exact) mass is 603 g/mol. The van der Waals surface area contributed by atoms with Gasteiger partial charge in [0.25, 0.3) is 0 Å². The Morgan fingerprint density at radius 3 is 1.79 bits per heavy atom. The number of fused-ring (bicyclic) bond motifs is 4. The normalized spacial score (nSPS) is 11.4. The van der Waals surface area contributed by atoms with Crippen molar-refractivity contribution >= 4 is 32.7 Å². The van der Waals surface area contributed by atoms with Crippen molar-refractivity contribution in [3.63, 3.8) is 0 Å². The molecule has 5 aromatic carbocycles. The molecule has 47 heavy (non-hydrogen) atoms. The van der Waals surface area contributed by atoms with Crippen LogP contribution in [0.5, 0.6) is 0 Å². The maximum absolute atomic E-state index is 6.56. The Hall–Kier alpha value is -6.53. The molecule has 0 aliphatic rings. The van der Waals surface area contributed by atoms with E-state index in [0.29, 0.717) is 28.8 Å². The van der Waals surface area contributed by atoms with Gasteiger partial charge < -0.3 is 4.42 Å². The minimum Gasteiger partial charge on any atom is -0.454 e. The molecular weight excluding hydrogens is 578 g/mol. The van der Waals surface area contributed by atoms with Crippen LogP contribution in [0.4, 0.5) is 0 Å². The van der Waals surface area contributed by atoms with Gasteiger partial charge in [0.2, 0.25) is 0 Å². The second-order valence-electron chi connectivity index (χ2n) is 11.3. The van der Waals surface area contributed by atoms with E-state index < -0.39 is 0 Å². The Morgan fingerprint density at radius 2 is 1.04 bits per heavy atom. The molecule has 0 amide bonds. The second-order valence-corrected chi connectivity index (χ2v) is 11.3. The summed E-state index contributed by atoms with van der Waals surface area (Å²) in [5, 5.41) is 4.13. The fourth-order valence-electron chi connectivity index (χ4n) is 6.19. The summed E-state index contributed by atoms with van der Waals surface area (Å²) in [6.07, 6.45) is 3.76. The van der Waals surface area contributed by atoms with Crippen LogP contribution in [0.2, 0.25) is 0 Å². The SMILES string of the molecule is c1ccc(-c2nc(-c3ccccc3)nc(-c3cccc(-c4cnc(-c5nccc6ccccc56)c5oc6ccccc6c45)c3)n2)cc1. The Morgan fingerprint density at radius 1 is 0.447 bits per heavy atom. The van der Waals surface area contributed by atoms with Crippen molar-refractivity contribution in [2.75, 3.05) is 0 Å². The van der Waals surface area contributed by atoms with Crippen LogP contribution < -0.4 is 0 Å². The molecule has 4 heterocycles. The minimum atomic E-state index is 0.595. The zero-order valence-corrected chi connectivity index (χ0v) is 25.1. The van der Waals surface area contributed by atoms with Crippen LogP contribution in [0.1, 0.15) is 0 Å². The number of hydrogen-bond donors (Lipinski definition) is 0. The zero-order chi connectivity index (χ0) is 31.2. The van der Waals surface area contributed by atoms with Crippen LogP contribution in [-0.4, -0.2) is 24.9 Å². The molecule has 0 unspecified atom stereocenters. The smallest absolute Gasteiger partial charge is 0.164 e. The lowest BCUT2D eigenvalue weighted by Crippen LogP contribution is -2.00. The molecule has 0 aliphatic heterocycles. The van der Waals surface area contributed by atoms with Crippen molar-refractivity contribution in [2.45, 2.75) is 0 Å². The highest BCUT2D eigenvalue weighted by atomic mass is 16.3. The summed E-state index contributed by atoms with van der Waals surface area (Å²) in [6.45, 7) is 0. The van der Waals surface area contributed by atoms with E-state index in [1.807, 2.05) is 122 Å². The van der Waals surface area contributed by atoms with Crippen molar-refractivity contribution in [1.82, 2.24) is 24.9 Å². The van der Waals surface area contributed by atoms with E-state index in [0.717, 1.165) is 60.6 Å². The molecular formula is C41H25N5O. The second kappa shape index (κ2) is 11.1. The van der Waals surface area contributed by atoms with E-state index >= 15 is 0 Å². The molecule has 0 atom stereocenters. The Bertz CT molecular complexity index is 2520. The molecule has 0 saturated heterocycles. The van der Waals surface area contributed by atoms with Gasteiger partial charge in [-0.3, -0.25) is 4.98 Å². The molecule has 9 aromatic rings. The van der Waals surface area contributed by atoms with Crippen LogP contribution in [-0.2, 0) is 0 Å². The van der Waals surface area contributed by atoms with Gasteiger partial charge in [0.1, 0.15) is 17.0 Å². The van der Waals surface area contributed by atoms with Crippen molar-refractivity contribution in [3.05, 3.63) is 152 Å². The predicted octanol–water partition coefficient (Wildman–Crippen LogP) is 10.0. The summed E-state index contributed by atoms with van der Waals surface area (Å²) in [4.78, 5) is 24.6. The molecule has 220 valence electrons. The predicted molar refractivity (Wildman–Crippen MR) is 187 cm³/mol. The lowest BCUT2D eigenvalue weighted by atomic mass is 9.97. The first kappa shape index (κ1) is 26.8. The van der Waals surface area contributed by atoms with Crippen LogP contribution in [0.3, 0.4) is 0 Å². The summed E-state index contributed by atoms with van der Waals surface area (Å²) in [5.74, 6) is 1.84. The van der Waals surface area contributed by atoms with Gasteiger partial charge >= 0.3 is 0 Å². The highest BCUT2D eigenvalue weighted by Crippen LogP contribution is 2.41. The first-order valence-electron chi connectivity index (χ1n) is 15.4. The largest absolute Gasteiger partial charge is 0.454 e. The number of hydrogen-bond acceptors (Lipinski definition) is 6. The Balaban J connectivity index is 1.24. The molecule has 0 spiro atoms. The first-order chi connectivity index (χ1) is 23.3. The fraction of sp³-hybridized carbons (Fsp3) is 0. The molecule has 0 N–H and O–H groups in total. The van der Waals surface area contributed by atoms with Crippen LogP contribution >= 0.6 is 0 Å². The number of rotatable bonds is 5. The van der Waals surface area contributed by atoms with Crippen molar-refractivity contribution in [2.24, 2.45) is 0 Å². The molecule has 0 aliphatic carbocycles. The molecule has 0 bridgehead atoms. The lowest BCUT2D eigenvalue weighted by molar-refractivity contribution is 0.668. The van der Waals surface area contributed by atoms with Crippen LogP contribution in [0.15, 0.2) is 156 Å². The lowest BCUT2D eigenvalue weighted by Gasteiger charge is -2.11. The standard InChI is InChI=1S/C41H25N5O/c1-3-13-27(14-4-1)39-44-40(28-15-5-2-6-16-28)46-41(45-39)30-18-11-17-29(24-30)33-25-43-37(36-31-19-8-7-12-26(31)22-23-42-36)38-35(33)32-20-9-10-21-34(32)47-38/h1-25H. The quantitative estimate of drug-likeness (QED) is 0.195. The number of furan rings is 1. The van der Waals surface area contributed by atoms with Gasteiger partial charge in [0, 0.05) is 50.8 Å². The van der Waals surface area contributed by atoms with Gasteiger partial charge in [-0.1, -0.05) is 121 Å². The third-order valence-corrected chi connectivity index (χ3v) is 8.43. The molecule has 0 fully saturated rings. The van der Waals surface area contributed by atoms with Gasteiger partial charge in [-0.2, -0.15) is 0 Å². The maximum Gasteiger partial charge on any atom is 0.164 e. The molecule has 0 radical (unpaired) electrons. The topological polar surface area (TPSA) is 77.6 Å². The Kier molecular flexibility index (Phi) is 6.35. The van der Waals surface area contributed by atoms with Gasteiger partial charge in [-0.15, -0.1) is 0 Å². The summed E-state index contributed by atoms with van der Waals surface area (Å²) in [5.41, 5.74) is 7.67. The third-order valence-electron chi connectivity index (χ3n) is 8.43. The van der Waals surface area contributed by atoms with E-state index in [1.165, 1.54) is 0 Å². The average molecular weight is 604 g/mol. The minimum absolute atomic E-state index is 0.595. The highest BCUT2D eigenvalue weighted by molar-refractivity contribution is 6.16. The number of para-hydroxylation sites is 1. The van der Waals surface area contributed by atoms with E-state index in [4.69, 9.17) is 29.3 Å². The number of aromatic nitrogens is 5. The van der Waals surface area contributed by atoms with Crippen molar-refractivity contribution < 1.29 is 4.42 Å². The van der Waals surface area contributed by atoms with Gasteiger partial charge in [-0.25, -0.2) is 19.9 Å². The highest BCUT2D eigenvalue weighted by Gasteiger charge is 2.21. The zero-order valence-electron chi connectivity index (χ0n) is 25.1. The summed E-state index contributed by atoms with van der Waals surface area (Å²) >= 11 is 0. The van der Waals surface area contributed by atoms with Crippen LogP contribution in [0, 0.1) is 0 Å². The third kappa shape index (κ3) is 4.71. The van der Waals surface area contributed by atoms with Crippen molar-refractivity contribution in [1.29, 1.82) is 0 Å². The van der Waals surface area contributed by atoms with E-state index in [1.54, 1.807) is 0 Å². The van der Waals surface area contributed by atoms with E-state index in [-0.39, 0.29) is 0 Å². The van der Waals surface area contributed by atoms with Gasteiger partial charge in [-0.05, 0) is 29.1 Å². The summed E-state index contributed by atoms with van der Waals surface area (Å²) < 4.78 is 6.56. The van der Waals surface area contributed by atoms with Gasteiger partial charge in [0.15, 0.2) is 23.1 Å². The van der Waals surface area contributed by atoms with Crippen molar-refractivity contribution in [3.8, 4) is 56.7 Å². The first-order valence-corrected chi connectivity index (χ1v) is 15.4. The molecule has 6 heteroatoms. The number of nitrogens with zero attached hydrogens (tertiary/aromatic N) is 5. The van der Waals surface area contributed by atoms with E-state index in [2.05, 4.69) is 30.3 Å². The average Bonchev–Trinajstić information content (AvgIpc) is 3.55. The van der Waals surface area contributed by atoms with Gasteiger partial charge in [0.05, 0.1) is 0 Å². The summed E-state index contributed by atoms with van der Waals surface area (Å²) in [7, 11) is 0.